The summed E-state index contributed by atoms with van der Waals surface area (Å²) < 4.78 is 4.92. The van der Waals surface area contributed by atoms with Gasteiger partial charge in [-0.3, -0.25) is 4.79 Å². The van der Waals surface area contributed by atoms with Crippen molar-refractivity contribution < 1.29 is 9.53 Å². The van der Waals surface area contributed by atoms with Crippen LogP contribution in [0.5, 0.6) is 0 Å². The molecule has 1 rings (SSSR count). The van der Waals surface area contributed by atoms with Gasteiger partial charge in [0.1, 0.15) is 5.54 Å². The van der Waals surface area contributed by atoms with Gasteiger partial charge in [0.05, 0.1) is 7.11 Å². The molecule has 1 heterocycles. The fraction of sp³-hybridized carbons (Fsp3) is 0.938. The minimum absolute atomic E-state index is 0.152. The smallest absolute Gasteiger partial charge is 0.325 e. The van der Waals surface area contributed by atoms with Gasteiger partial charge in [0, 0.05) is 6.54 Å². The quantitative estimate of drug-likeness (QED) is 0.694. The third-order valence-electron chi connectivity index (χ3n) is 4.61. The maximum absolute atomic E-state index is 11.9. The highest BCUT2D eigenvalue weighted by Gasteiger charge is 2.33. The number of nitrogens with zero attached hydrogens (tertiary/aromatic N) is 1. The standard InChI is InChI=1S/C16H32N2O2/c1-6-17-16(4,15(19)20-5)9-7-10-18-11-8-14(12-18)13(2)3/h13-14,17H,6-12H2,1-5H3. The fourth-order valence-corrected chi connectivity index (χ4v) is 3.14. The number of esters is 1. The molecule has 4 nitrogen and oxygen atoms in total. The maximum Gasteiger partial charge on any atom is 0.325 e. The first-order valence-corrected chi connectivity index (χ1v) is 7.98. The number of likely N-dealkylation sites (tertiary alicyclic amines) is 1. The van der Waals surface area contributed by atoms with Gasteiger partial charge in [-0.15, -0.1) is 0 Å². The second-order valence-corrected chi connectivity index (χ2v) is 6.55. The fourth-order valence-electron chi connectivity index (χ4n) is 3.14. The van der Waals surface area contributed by atoms with Gasteiger partial charge in [0.15, 0.2) is 0 Å². The van der Waals surface area contributed by atoms with E-state index in [4.69, 9.17) is 4.74 Å². The topological polar surface area (TPSA) is 41.6 Å². The maximum atomic E-state index is 11.9. The highest BCUT2D eigenvalue weighted by Crippen LogP contribution is 2.24. The molecule has 0 spiro atoms. The first kappa shape index (κ1) is 17.4. The minimum Gasteiger partial charge on any atom is -0.468 e. The molecular weight excluding hydrogens is 252 g/mol. The zero-order valence-corrected chi connectivity index (χ0v) is 13.9. The molecule has 1 aliphatic rings. The zero-order valence-electron chi connectivity index (χ0n) is 13.9. The largest absolute Gasteiger partial charge is 0.468 e. The van der Waals surface area contributed by atoms with Crippen molar-refractivity contribution in [2.24, 2.45) is 11.8 Å². The van der Waals surface area contributed by atoms with Crippen LogP contribution in [0.1, 0.15) is 47.0 Å². The third kappa shape index (κ3) is 4.74. The van der Waals surface area contributed by atoms with Crippen LogP contribution in [-0.2, 0) is 9.53 Å². The number of likely N-dealkylation sites (N-methyl/N-ethyl adjacent to an activating group) is 1. The Kier molecular flexibility index (Phi) is 6.96. The summed E-state index contributed by atoms with van der Waals surface area (Å²) in [7, 11) is 1.46. The summed E-state index contributed by atoms with van der Waals surface area (Å²) in [5.74, 6) is 1.47. The van der Waals surface area contributed by atoms with Crippen molar-refractivity contribution in [2.75, 3.05) is 33.3 Å². The molecule has 118 valence electrons. The van der Waals surface area contributed by atoms with Gasteiger partial charge in [-0.2, -0.15) is 0 Å². The molecule has 0 aliphatic carbocycles. The predicted octanol–water partition coefficient (Wildman–Crippen LogP) is 2.29. The lowest BCUT2D eigenvalue weighted by Crippen LogP contribution is -2.50. The molecule has 20 heavy (non-hydrogen) atoms. The van der Waals surface area contributed by atoms with Gasteiger partial charge < -0.3 is 15.0 Å². The Labute approximate surface area is 124 Å². The van der Waals surface area contributed by atoms with Gasteiger partial charge in [-0.05, 0) is 57.7 Å². The van der Waals surface area contributed by atoms with Gasteiger partial charge in [0.25, 0.3) is 0 Å². The Hall–Kier alpha value is -0.610. The lowest BCUT2D eigenvalue weighted by Gasteiger charge is -2.28. The molecule has 0 aromatic rings. The van der Waals surface area contributed by atoms with E-state index in [2.05, 4.69) is 24.1 Å². The Balaban J connectivity index is 2.36. The number of hydrogen-bond donors (Lipinski definition) is 1. The molecule has 0 amide bonds. The summed E-state index contributed by atoms with van der Waals surface area (Å²) in [5.41, 5.74) is -0.541. The molecule has 1 saturated heterocycles. The van der Waals surface area contributed by atoms with Crippen molar-refractivity contribution in [3.63, 3.8) is 0 Å². The number of rotatable bonds is 8. The van der Waals surface area contributed by atoms with E-state index in [-0.39, 0.29) is 5.97 Å². The Bertz CT molecular complexity index is 307. The lowest BCUT2D eigenvalue weighted by atomic mass is 9.95. The van der Waals surface area contributed by atoms with E-state index in [1.54, 1.807) is 0 Å². The molecule has 1 aliphatic heterocycles. The molecule has 4 heteroatoms. The number of nitrogens with one attached hydrogen (secondary N) is 1. The van der Waals surface area contributed by atoms with E-state index in [1.807, 2.05) is 13.8 Å². The first-order chi connectivity index (χ1) is 9.42. The van der Waals surface area contributed by atoms with Crippen molar-refractivity contribution in [1.29, 1.82) is 0 Å². The molecule has 2 atom stereocenters. The number of ether oxygens (including phenoxy) is 1. The van der Waals surface area contributed by atoms with Crippen LogP contribution in [-0.4, -0.2) is 49.7 Å². The highest BCUT2D eigenvalue weighted by atomic mass is 16.5. The summed E-state index contributed by atoms with van der Waals surface area (Å²) in [6.45, 7) is 12.9. The summed E-state index contributed by atoms with van der Waals surface area (Å²) in [4.78, 5) is 14.4. The highest BCUT2D eigenvalue weighted by molar-refractivity contribution is 5.80. The second-order valence-electron chi connectivity index (χ2n) is 6.55. The first-order valence-electron chi connectivity index (χ1n) is 7.98. The van der Waals surface area contributed by atoms with Gasteiger partial charge in [-0.25, -0.2) is 0 Å². The second kappa shape index (κ2) is 7.99. The molecular formula is C16H32N2O2. The van der Waals surface area contributed by atoms with Gasteiger partial charge in [0.2, 0.25) is 0 Å². The summed E-state index contributed by atoms with van der Waals surface area (Å²) in [6, 6.07) is 0. The SMILES string of the molecule is CCNC(C)(CCCN1CCC(C(C)C)C1)C(=O)OC. The Morgan fingerprint density at radius 3 is 2.70 bits per heavy atom. The predicted molar refractivity (Wildman–Crippen MR) is 82.7 cm³/mol. The monoisotopic (exact) mass is 284 g/mol. The molecule has 0 aromatic carbocycles. The summed E-state index contributed by atoms with van der Waals surface area (Å²) in [6.07, 6.45) is 3.18. The molecule has 0 aromatic heterocycles. The van der Waals surface area contributed by atoms with Crippen LogP contribution in [0.15, 0.2) is 0 Å². The number of carbonyl (C=O) groups is 1. The average molecular weight is 284 g/mol. The molecule has 0 bridgehead atoms. The normalized spacial score (nSPS) is 23.0. The lowest BCUT2D eigenvalue weighted by molar-refractivity contribution is -0.148. The van der Waals surface area contributed by atoms with Crippen molar-refractivity contribution in [1.82, 2.24) is 10.2 Å². The van der Waals surface area contributed by atoms with Crippen LogP contribution in [0.3, 0.4) is 0 Å². The zero-order chi connectivity index (χ0) is 15.2. The molecule has 2 unspecified atom stereocenters. The molecule has 1 N–H and O–H groups in total. The van der Waals surface area contributed by atoms with E-state index in [0.29, 0.717) is 0 Å². The van der Waals surface area contributed by atoms with Crippen LogP contribution < -0.4 is 5.32 Å². The van der Waals surface area contributed by atoms with E-state index in [0.717, 1.165) is 37.8 Å². The van der Waals surface area contributed by atoms with E-state index in [9.17, 15) is 4.79 Å². The van der Waals surface area contributed by atoms with Crippen LogP contribution >= 0.6 is 0 Å². The molecule has 0 saturated carbocycles. The number of carbonyl (C=O) groups excluding carboxylic acids is 1. The van der Waals surface area contributed by atoms with Crippen LogP contribution in [0, 0.1) is 11.8 Å². The van der Waals surface area contributed by atoms with E-state index in [1.165, 1.54) is 26.6 Å². The van der Waals surface area contributed by atoms with E-state index >= 15 is 0 Å². The Morgan fingerprint density at radius 2 is 2.20 bits per heavy atom. The van der Waals surface area contributed by atoms with Crippen LogP contribution in [0.4, 0.5) is 0 Å². The third-order valence-corrected chi connectivity index (χ3v) is 4.61. The van der Waals surface area contributed by atoms with Crippen molar-refractivity contribution in [2.45, 2.75) is 52.5 Å². The number of hydrogen-bond acceptors (Lipinski definition) is 4. The van der Waals surface area contributed by atoms with Crippen molar-refractivity contribution in [3.05, 3.63) is 0 Å². The minimum atomic E-state index is -0.541. The van der Waals surface area contributed by atoms with Crippen molar-refractivity contribution >= 4 is 5.97 Å². The summed E-state index contributed by atoms with van der Waals surface area (Å²) in [5, 5.41) is 3.27. The number of methoxy groups -OCH3 is 1. The average Bonchev–Trinajstić information content (AvgIpc) is 2.87. The summed E-state index contributed by atoms with van der Waals surface area (Å²) >= 11 is 0. The Morgan fingerprint density at radius 1 is 1.50 bits per heavy atom. The van der Waals surface area contributed by atoms with Crippen LogP contribution in [0.2, 0.25) is 0 Å². The van der Waals surface area contributed by atoms with E-state index < -0.39 is 5.54 Å². The molecule has 1 fully saturated rings. The van der Waals surface area contributed by atoms with Crippen molar-refractivity contribution in [3.8, 4) is 0 Å². The van der Waals surface area contributed by atoms with Gasteiger partial charge >= 0.3 is 5.97 Å². The molecule has 0 radical (unpaired) electrons. The van der Waals surface area contributed by atoms with Gasteiger partial charge in [-0.1, -0.05) is 20.8 Å². The van der Waals surface area contributed by atoms with Crippen LogP contribution in [0.25, 0.3) is 0 Å².